The average Bonchev–Trinajstić information content (AvgIpc) is 1.97. The van der Waals surface area contributed by atoms with Crippen molar-refractivity contribution in [1.29, 1.82) is 0 Å². The standard InChI is InChI=1S/C4H5NO4/c6-3-1-2-4(7)8-9-5-3/h1-2H2,(H,5,6). The first kappa shape index (κ1) is 6.03. The number of carbonyl (C=O) groups is 2. The van der Waals surface area contributed by atoms with E-state index in [0.29, 0.717) is 0 Å². The molecule has 0 aromatic heterocycles. The summed E-state index contributed by atoms with van der Waals surface area (Å²) in [5, 5.41) is 0. The first-order valence-corrected chi connectivity index (χ1v) is 2.44. The van der Waals surface area contributed by atoms with E-state index in [1.807, 2.05) is 5.48 Å². The molecular weight excluding hydrogens is 126 g/mol. The minimum Gasteiger partial charge on any atom is -0.275 e. The minimum absolute atomic E-state index is 0.0752. The van der Waals surface area contributed by atoms with Gasteiger partial charge in [-0.05, 0) is 0 Å². The van der Waals surface area contributed by atoms with Crippen molar-refractivity contribution in [2.45, 2.75) is 12.8 Å². The Labute approximate surface area is 50.8 Å². The first-order valence-electron chi connectivity index (χ1n) is 2.44. The maximum atomic E-state index is 10.4. The molecular formula is C4H5NO4. The number of hydrogen-bond acceptors (Lipinski definition) is 4. The Bertz CT molecular complexity index is 128. The highest BCUT2D eigenvalue weighted by atomic mass is 17.3. The van der Waals surface area contributed by atoms with E-state index in [0.717, 1.165) is 0 Å². The van der Waals surface area contributed by atoms with Gasteiger partial charge in [-0.15, -0.1) is 0 Å². The second-order valence-corrected chi connectivity index (χ2v) is 1.56. The van der Waals surface area contributed by atoms with Gasteiger partial charge in [-0.3, -0.25) is 9.68 Å². The molecule has 0 aromatic carbocycles. The molecule has 0 aromatic rings. The molecule has 1 fully saturated rings. The lowest BCUT2D eigenvalue weighted by atomic mass is 10.3. The normalized spacial score (nSPS) is 20.0. The fourth-order valence-electron chi connectivity index (χ4n) is 0.422. The van der Waals surface area contributed by atoms with E-state index in [1.54, 1.807) is 0 Å². The second kappa shape index (κ2) is 2.45. The Kier molecular flexibility index (Phi) is 1.64. The quantitative estimate of drug-likeness (QED) is 0.441. The molecule has 1 saturated heterocycles. The van der Waals surface area contributed by atoms with Crippen LogP contribution in [0.25, 0.3) is 0 Å². The molecule has 1 aliphatic heterocycles. The lowest BCUT2D eigenvalue weighted by Crippen LogP contribution is -2.20. The molecule has 0 spiro atoms. The zero-order valence-corrected chi connectivity index (χ0v) is 4.55. The van der Waals surface area contributed by atoms with E-state index in [4.69, 9.17) is 0 Å². The van der Waals surface area contributed by atoms with Gasteiger partial charge in [0.15, 0.2) is 0 Å². The van der Waals surface area contributed by atoms with E-state index in [1.165, 1.54) is 0 Å². The van der Waals surface area contributed by atoms with Gasteiger partial charge in [0.2, 0.25) is 5.91 Å². The van der Waals surface area contributed by atoms with E-state index in [2.05, 4.69) is 9.88 Å². The van der Waals surface area contributed by atoms with Gasteiger partial charge in [0.05, 0.1) is 6.42 Å². The van der Waals surface area contributed by atoms with E-state index < -0.39 is 5.97 Å². The van der Waals surface area contributed by atoms with Crippen LogP contribution in [0, 0.1) is 0 Å². The van der Waals surface area contributed by atoms with Crippen molar-refractivity contribution >= 4 is 11.9 Å². The molecule has 5 heteroatoms. The van der Waals surface area contributed by atoms with Crippen LogP contribution in [0.2, 0.25) is 0 Å². The predicted molar refractivity (Wildman–Crippen MR) is 24.6 cm³/mol. The highest BCUT2D eigenvalue weighted by molar-refractivity contribution is 5.81. The highest BCUT2D eigenvalue weighted by Gasteiger charge is 2.13. The third-order valence-electron chi connectivity index (χ3n) is 0.846. The Morgan fingerprint density at radius 2 is 2.11 bits per heavy atom. The summed E-state index contributed by atoms with van der Waals surface area (Å²) in [7, 11) is 0. The molecule has 9 heavy (non-hydrogen) atoms. The highest BCUT2D eigenvalue weighted by Crippen LogP contribution is 1.96. The molecule has 0 radical (unpaired) electrons. The van der Waals surface area contributed by atoms with Crippen LogP contribution in [-0.4, -0.2) is 11.9 Å². The third-order valence-corrected chi connectivity index (χ3v) is 0.846. The zero-order chi connectivity index (χ0) is 6.69. The van der Waals surface area contributed by atoms with Crippen molar-refractivity contribution in [3.63, 3.8) is 0 Å². The zero-order valence-electron chi connectivity index (χ0n) is 4.55. The van der Waals surface area contributed by atoms with Crippen LogP contribution in [0.4, 0.5) is 0 Å². The number of nitrogens with one attached hydrogen (secondary N) is 1. The molecule has 0 bridgehead atoms. The molecule has 1 heterocycles. The Morgan fingerprint density at radius 1 is 1.33 bits per heavy atom. The van der Waals surface area contributed by atoms with Gasteiger partial charge in [0.1, 0.15) is 0 Å². The number of amides is 1. The first-order chi connectivity index (χ1) is 4.29. The topological polar surface area (TPSA) is 64.6 Å². The molecule has 1 aliphatic rings. The molecule has 1 N–H and O–H groups in total. The van der Waals surface area contributed by atoms with Gasteiger partial charge in [-0.25, -0.2) is 4.79 Å². The van der Waals surface area contributed by atoms with Crippen molar-refractivity contribution in [3.8, 4) is 0 Å². The van der Waals surface area contributed by atoms with E-state index in [9.17, 15) is 9.59 Å². The summed E-state index contributed by atoms with van der Waals surface area (Å²) in [6, 6.07) is 0. The van der Waals surface area contributed by atoms with Crippen molar-refractivity contribution in [2.24, 2.45) is 0 Å². The van der Waals surface area contributed by atoms with Gasteiger partial charge in [-0.2, -0.15) is 5.48 Å². The van der Waals surface area contributed by atoms with Gasteiger partial charge in [-0.1, -0.05) is 4.99 Å². The summed E-state index contributed by atoms with van der Waals surface area (Å²) in [4.78, 5) is 28.6. The number of rotatable bonds is 0. The van der Waals surface area contributed by atoms with Crippen LogP contribution >= 0.6 is 0 Å². The summed E-state index contributed by atoms with van der Waals surface area (Å²) in [5.41, 5.74) is 1.89. The molecule has 0 aliphatic carbocycles. The summed E-state index contributed by atoms with van der Waals surface area (Å²) < 4.78 is 0. The number of hydrogen-bond donors (Lipinski definition) is 1. The van der Waals surface area contributed by atoms with E-state index >= 15 is 0 Å². The summed E-state index contributed by atoms with van der Waals surface area (Å²) in [6.07, 6.45) is 0.199. The Balaban J connectivity index is 2.43. The maximum absolute atomic E-state index is 10.4. The molecule has 0 unspecified atom stereocenters. The monoisotopic (exact) mass is 131 g/mol. The fourth-order valence-corrected chi connectivity index (χ4v) is 0.422. The van der Waals surface area contributed by atoms with E-state index in [-0.39, 0.29) is 18.7 Å². The average molecular weight is 131 g/mol. The SMILES string of the molecule is O=C1CCC(=O)OON1. The second-order valence-electron chi connectivity index (χ2n) is 1.56. The van der Waals surface area contributed by atoms with Crippen molar-refractivity contribution in [3.05, 3.63) is 0 Å². The van der Waals surface area contributed by atoms with Gasteiger partial charge < -0.3 is 0 Å². The van der Waals surface area contributed by atoms with Crippen LogP contribution in [0.1, 0.15) is 12.8 Å². The van der Waals surface area contributed by atoms with Crippen LogP contribution in [0.5, 0.6) is 0 Å². The van der Waals surface area contributed by atoms with Crippen LogP contribution < -0.4 is 5.48 Å². The summed E-state index contributed by atoms with van der Waals surface area (Å²) in [5.74, 6) is -0.880. The Morgan fingerprint density at radius 3 is 2.89 bits per heavy atom. The smallest absolute Gasteiger partial charge is 0.275 e. The van der Waals surface area contributed by atoms with Gasteiger partial charge in [0.25, 0.3) is 0 Å². The maximum Gasteiger partial charge on any atom is 0.345 e. The largest absolute Gasteiger partial charge is 0.345 e. The number of carbonyl (C=O) groups excluding carboxylic acids is 2. The minimum atomic E-state index is -0.534. The van der Waals surface area contributed by atoms with Gasteiger partial charge >= 0.3 is 5.97 Å². The Hall–Kier alpha value is -1.10. The van der Waals surface area contributed by atoms with Crippen LogP contribution in [0.3, 0.4) is 0 Å². The van der Waals surface area contributed by atoms with Crippen molar-refractivity contribution in [2.75, 3.05) is 0 Å². The molecule has 1 amide bonds. The molecule has 1 rings (SSSR count). The van der Waals surface area contributed by atoms with Crippen LogP contribution in [-0.2, 0) is 19.5 Å². The molecule has 0 saturated carbocycles. The molecule has 5 nitrogen and oxygen atoms in total. The van der Waals surface area contributed by atoms with Crippen LogP contribution in [0.15, 0.2) is 0 Å². The van der Waals surface area contributed by atoms with Gasteiger partial charge in [0, 0.05) is 6.42 Å². The molecule has 0 atom stereocenters. The fraction of sp³-hybridized carbons (Fsp3) is 0.500. The lowest BCUT2D eigenvalue weighted by Gasteiger charge is -1.93. The number of hydroxylamine groups is 1. The summed E-state index contributed by atoms with van der Waals surface area (Å²) in [6.45, 7) is 0. The predicted octanol–water partition coefficient (Wildman–Crippen LogP) is -0.714. The van der Waals surface area contributed by atoms with Crippen molar-refractivity contribution in [1.82, 2.24) is 5.48 Å². The van der Waals surface area contributed by atoms with Crippen molar-refractivity contribution < 1.29 is 19.5 Å². The molecule has 50 valence electrons. The summed E-state index contributed by atoms with van der Waals surface area (Å²) >= 11 is 0. The third kappa shape index (κ3) is 1.69. The lowest BCUT2D eigenvalue weighted by molar-refractivity contribution is -0.298.